The zero-order valence-corrected chi connectivity index (χ0v) is 7.77. The van der Waals surface area contributed by atoms with Crippen molar-refractivity contribution < 1.29 is 5.11 Å². The molecule has 1 aromatic heterocycles. The van der Waals surface area contributed by atoms with Gasteiger partial charge in [-0.05, 0) is 12.5 Å². The van der Waals surface area contributed by atoms with Gasteiger partial charge in [0.25, 0.3) is 0 Å². The molecule has 0 radical (unpaired) electrons. The zero-order chi connectivity index (χ0) is 9.52. The lowest BCUT2D eigenvalue weighted by Crippen LogP contribution is -2.31. The molecule has 0 unspecified atom stereocenters. The molecule has 1 atom stereocenters. The molecular formula is C9H15N3O. The molecule has 2 N–H and O–H groups in total. The number of aromatic nitrogens is 2. The molecule has 0 spiro atoms. The van der Waals surface area contributed by atoms with Crippen LogP contribution in [0.1, 0.15) is 19.0 Å². The molecule has 4 nitrogen and oxygen atoms in total. The molecule has 1 rings (SSSR count). The van der Waals surface area contributed by atoms with Crippen molar-refractivity contribution in [2.75, 3.05) is 6.61 Å². The molecule has 0 aliphatic carbocycles. The van der Waals surface area contributed by atoms with E-state index in [4.69, 9.17) is 5.11 Å². The molecule has 13 heavy (non-hydrogen) atoms. The number of rotatable bonds is 5. The molecule has 72 valence electrons. The topological polar surface area (TPSA) is 58.0 Å². The lowest BCUT2D eigenvalue weighted by Gasteiger charge is -2.12. The Morgan fingerprint density at radius 3 is 3.00 bits per heavy atom. The fraction of sp³-hybridized carbons (Fsp3) is 0.556. The Morgan fingerprint density at radius 1 is 1.62 bits per heavy atom. The maximum absolute atomic E-state index is 8.91. The van der Waals surface area contributed by atoms with E-state index in [0.717, 1.165) is 12.1 Å². The van der Waals surface area contributed by atoms with E-state index in [1.54, 1.807) is 6.20 Å². The Balaban J connectivity index is 2.34. The Morgan fingerprint density at radius 2 is 2.46 bits per heavy atom. The van der Waals surface area contributed by atoms with Crippen LogP contribution in [0.2, 0.25) is 0 Å². The number of aliphatic hydroxyl groups is 1. The fourth-order valence-electron chi connectivity index (χ4n) is 1.01. The molecule has 0 amide bonds. The van der Waals surface area contributed by atoms with Crippen molar-refractivity contribution in [3.05, 3.63) is 24.3 Å². The Labute approximate surface area is 78.0 Å². The van der Waals surface area contributed by atoms with Crippen LogP contribution in [-0.4, -0.2) is 27.7 Å². The highest BCUT2D eigenvalue weighted by molar-refractivity contribution is 4.97. The maximum atomic E-state index is 8.91. The summed E-state index contributed by atoms with van der Waals surface area (Å²) in [5, 5.41) is 12.1. The van der Waals surface area contributed by atoms with Gasteiger partial charge in [0.05, 0.1) is 12.3 Å². The SMILES string of the molecule is CC[C@H](CO)NCc1ccncn1. The minimum atomic E-state index is 0.162. The molecule has 0 saturated carbocycles. The van der Waals surface area contributed by atoms with E-state index in [-0.39, 0.29) is 12.6 Å². The van der Waals surface area contributed by atoms with Crippen molar-refractivity contribution in [3.63, 3.8) is 0 Å². The average Bonchev–Trinajstić information content (AvgIpc) is 2.21. The van der Waals surface area contributed by atoms with Crippen molar-refractivity contribution in [3.8, 4) is 0 Å². The van der Waals surface area contributed by atoms with Gasteiger partial charge in [0, 0.05) is 18.8 Å². The summed E-state index contributed by atoms with van der Waals surface area (Å²) in [4.78, 5) is 7.89. The van der Waals surface area contributed by atoms with Gasteiger partial charge in [-0.15, -0.1) is 0 Å². The maximum Gasteiger partial charge on any atom is 0.115 e. The largest absolute Gasteiger partial charge is 0.395 e. The summed E-state index contributed by atoms with van der Waals surface area (Å²) >= 11 is 0. The van der Waals surface area contributed by atoms with Crippen molar-refractivity contribution in [1.29, 1.82) is 0 Å². The normalized spacial score (nSPS) is 12.8. The third kappa shape index (κ3) is 3.48. The van der Waals surface area contributed by atoms with Gasteiger partial charge < -0.3 is 10.4 Å². The number of hydrogen-bond donors (Lipinski definition) is 2. The first-order valence-electron chi connectivity index (χ1n) is 4.46. The molecule has 1 aromatic rings. The molecule has 0 saturated heterocycles. The van der Waals surface area contributed by atoms with E-state index in [0.29, 0.717) is 6.54 Å². The van der Waals surface area contributed by atoms with Gasteiger partial charge in [-0.3, -0.25) is 0 Å². The summed E-state index contributed by atoms with van der Waals surface area (Å²) in [6.07, 6.45) is 4.16. The van der Waals surface area contributed by atoms with E-state index in [9.17, 15) is 0 Å². The van der Waals surface area contributed by atoms with E-state index in [1.165, 1.54) is 6.33 Å². The predicted molar refractivity (Wildman–Crippen MR) is 50.0 cm³/mol. The van der Waals surface area contributed by atoms with E-state index < -0.39 is 0 Å². The van der Waals surface area contributed by atoms with E-state index in [2.05, 4.69) is 15.3 Å². The lowest BCUT2D eigenvalue weighted by atomic mass is 10.2. The van der Waals surface area contributed by atoms with Gasteiger partial charge in [0.1, 0.15) is 6.33 Å². The van der Waals surface area contributed by atoms with Crippen LogP contribution >= 0.6 is 0 Å². The number of hydrogen-bond acceptors (Lipinski definition) is 4. The highest BCUT2D eigenvalue weighted by atomic mass is 16.3. The number of aliphatic hydroxyl groups excluding tert-OH is 1. The first-order chi connectivity index (χ1) is 6.36. The van der Waals surface area contributed by atoms with E-state index >= 15 is 0 Å². The van der Waals surface area contributed by atoms with Crippen molar-refractivity contribution in [2.24, 2.45) is 0 Å². The van der Waals surface area contributed by atoms with Crippen LogP contribution in [0.5, 0.6) is 0 Å². The van der Waals surface area contributed by atoms with Gasteiger partial charge in [0.15, 0.2) is 0 Å². The monoisotopic (exact) mass is 181 g/mol. The summed E-state index contributed by atoms with van der Waals surface area (Å²) in [7, 11) is 0. The Bertz CT molecular complexity index is 224. The summed E-state index contributed by atoms with van der Waals surface area (Å²) in [5.41, 5.74) is 0.946. The lowest BCUT2D eigenvalue weighted by molar-refractivity contribution is 0.238. The molecule has 1 heterocycles. The van der Waals surface area contributed by atoms with Gasteiger partial charge in [-0.1, -0.05) is 6.92 Å². The molecule has 0 bridgehead atoms. The molecular weight excluding hydrogens is 166 g/mol. The van der Waals surface area contributed by atoms with E-state index in [1.807, 2.05) is 13.0 Å². The van der Waals surface area contributed by atoms with Crippen LogP contribution in [0.15, 0.2) is 18.6 Å². The fourth-order valence-corrected chi connectivity index (χ4v) is 1.01. The molecule has 0 aliphatic rings. The van der Waals surface area contributed by atoms with Crippen LogP contribution in [0, 0.1) is 0 Å². The van der Waals surface area contributed by atoms with Gasteiger partial charge in [-0.25, -0.2) is 9.97 Å². The highest BCUT2D eigenvalue weighted by Crippen LogP contribution is 1.94. The van der Waals surface area contributed by atoms with Gasteiger partial charge >= 0.3 is 0 Å². The molecule has 0 aliphatic heterocycles. The number of nitrogens with zero attached hydrogens (tertiary/aromatic N) is 2. The predicted octanol–water partition coefficient (Wildman–Crippen LogP) is 0.337. The second-order valence-corrected chi connectivity index (χ2v) is 2.87. The van der Waals surface area contributed by atoms with Crippen LogP contribution in [0.3, 0.4) is 0 Å². The van der Waals surface area contributed by atoms with Crippen LogP contribution in [0.25, 0.3) is 0 Å². The minimum absolute atomic E-state index is 0.162. The standard InChI is InChI=1S/C9H15N3O/c1-2-8(6-13)11-5-9-3-4-10-7-12-9/h3-4,7-8,11,13H,2,5-6H2,1H3/t8-/m1/s1. The van der Waals surface area contributed by atoms with Crippen molar-refractivity contribution in [1.82, 2.24) is 15.3 Å². The second-order valence-electron chi connectivity index (χ2n) is 2.87. The molecule has 4 heteroatoms. The smallest absolute Gasteiger partial charge is 0.115 e. The summed E-state index contributed by atoms with van der Waals surface area (Å²) in [5.74, 6) is 0. The summed E-state index contributed by atoms with van der Waals surface area (Å²) in [6.45, 7) is 2.89. The first kappa shape index (κ1) is 10.1. The highest BCUT2D eigenvalue weighted by Gasteiger charge is 2.02. The van der Waals surface area contributed by atoms with Gasteiger partial charge in [-0.2, -0.15) is 0 Å². The average molecular weight is 181 g/mol. The first-order valence-corrected chi connectivity index (χ1v) is 4.46. The third-order valence-corrected chi connectivity index (χ3v) is 1.93. The van der Waals surface area contributed by atoms with Crippen LogP contribution in [0.4, 0.5) is 0 Å². The molecule has 0 fully saturated rings. The number of nitrogens with one attached hydrogen (secondary N) is 1. The Kier molecular flexibility index (Phi) is 4.35. The summed E-state index contributed by atoms with van der Waals surface area (Å²) < 4.78 is 0. The minimum Gasteiger partial charge on any atom is -0.395 e. The second kappa shape index (κ2) is 5.61. The quantitative estimate of drug-likeness (QED) is 0.687. The van der Waals surface area contributed by atoms with Crippen LogP contribution in [-0.2, 0) is 6.54 Å². The van der Waals surface area contributed by atoms with Crippen molar-refractivity contribution >= 4 is 0 Å². The third-order valence-electron chi connectivity index (χ3n) is 1.93. The zero-order valence-electron chi connectivity index (χ0n) is 7.77. The Hall–Kier alpha value is -1.00. The van der Waals surface area contributed by atoms with Crippen molar-refractivity contribution in [2.45, 2.75) is 25.9 Å². The molecule has 0 aromatic carbocycles. The summed E-state index contributed by atoms with van der Waals surface area (Å²) in [6, 6.07) is 2.02. The van der Waals surface area contributed by atoms with Gasteiger partial charge in [0.2, 0.25) is 0 Å². The van der Waals surface area contributed by atoms with Crippen LogP contribution < -0.4 is 5.32 Å².